The van der Waals surface area contributed by atoms with Crippen LogP contribution < -0.4 is 4.90 Å². The summed E-state index contributed by atoms with van der Waals surface area (Å²) in [7, 11) is 1.57. The minimum Gasteiger partial charge on any atom is -0.364 e. The molecule has 0 aliphatic rings. The first-order chi connectivity index (χ1) is 10.6. The largest absolute Gasteiger partial charge is 0.364 e. The van der Waals surface area contributed by atoms with Crippen molar-refractivity contribution in [3.63, 3.8) is 0 Å². The Hall–Kier alpha value is -1.44. The van der Waals surface area contributed by atoms with Gasteiger partial charge in [-0.25, -0.2) is 4.98 Å². The maximum absolute atomic E-state index is 12.5. The van der Waals surface area contributed by atoms with Crippen LogP contribution in [0.4, 0.5) is 5.00 Å². The third-order valence-corrected chi connectivity index (χ3v) is 4.92. The number of anilines is 1. The van der Waals surface area contributed by atoms with Crippen molar-refractivity contribution in [1.29, 1.82) is 0 Å². The van der Waals surface area contributed by atoms with Crippen molar-refractivity contribution in [2.24, 2.45) is 5.92 Å². The molecule has 118 valence electrons. The van der Waals surface area contributed by atoms with Crippen LogP contribution in [-0.4, -0.2) is 35.5 Å². The smallest absolute Gasteiger partial charge is 0.233 e. The van der Waals surface area contributed by atoms with E-state index in [1.165, 1.54) is 11.3 Å². The Labute approximate surface area is 139 Å². The second kappa shape index (κ2) is 7.71. The van der Waals surface area contributed by atoms with E-state index in [2.05, 4.69) is 22.6 Å². The Kier molecular flexibility index (Phi) is 5.93. The minimum absolute atomic E-state index is 0.0127. The molecule has 0 N–H and O–H groups in total. The average Bonchev–Trinajstić information content (AvgIpc) is 2.93. The number of hydrogen-bond donors (Lipinski definition) is 1. The summed E-state index contributed by atoms with van der Waals surface area (Å²) in [4.78, 5) is 22.8. The lowest BCUT2D eigenvalue weighted by atomic mass is 10.2. The molecule has 2 rings (SSSR count). The number of ether oxygens (including phenoxy) is 1. The second-order valence-electron chi connectivity index (χ2n) is 4.92. The summed E-state index contributed by atoms with van der Waals surface area (Å²) < 4.78 is 5.19. The highest BCUT2D eigenvalue weighted by Crippen LogP contribution is 2.34. The molecule has 0 aliphatic carbocycles. The van der Waals surface area contributed by atoms with Gasteiger partial charge in [-0.15, -0.1) is 0 Å². The zero-order chi connectivity index (χ0) is 16.1. The van der Waals surface area contributed by atoms with E-state index in [0.29, 0.717) is 5.75 Å². The Balaban J connectivity index is 2.36. The highest BCUT2D eigenvalue weighted by molar-refractivity contribution is 7.80. The molecule has 1 unspecified atom stereocenters. The number of methoxy groups -OCH3 is 1. The summed E-state index contributed by atoms with van der Waals surface area (Å²) in [6.07, 6.45) is 3.49. The fourth-order valence-electron chi connectivity index (χ4n) is 1.95. The Bertz CT molecular complexity index is 631. The van der Waals surface area contributed by atoms with Gasteiger partial charge < -0.3 is 4.74 Å². The molecule has 2 aromatic heterocycles. The van der Waals surface area contributed by atoms with Crippen LogP contribution in [0.15, 0.2) is 24.5 Å². The highest BCUT2D eigenvalue weighted by Gasteiger charge is 2.25. The number of rotatable bonds is 6. The molecular formula is C15H19N3O2S2. The van der Waals surface area contributed by atoms with Gasteiger partial charge in [0, 0.05) is 36.7 Å². The third-order valence-electron chi connectivity index (χ3n) is 3.15. The number of nitrogens with zero attached hydrogens (tertiary/aromatic N) is 3. The molecule has 22 heavy (non-hydrogen) atoms. The summed E-state index contributed by atoms with van der Waals surface area (Å²) in [6.45, 7) is 3.95. The number of amides is 1. The van der Waals surface area contributed by atoms with E-state index in [4.69, 9.17) is 4.74 Å². The first-order valence-corrected chi connectivity index (χ1v) is 8.32. The molecule has 0 saturated heterocycles. The van der Waals surface area contributed by atoms with Gasteiger partial charge in [0.05, 0.1) is 5.69 Å². The lowest BCUT2D eigenvalue weighted by Crippen LogP contribution is -2.37. The number of carbonyl (C=O) groups is 1. The van der Waals surface area contributed by atoms with Crippen molar-refractivity contribution in [3.05, 3.63) is 30.2 Å². The summed E-state index contributed by atoms with van der Waals surface area (Å²) >= 11 is 5.68. The molecule has 1 amide bonds. The standard InChI is InChI=1S/C15H19N3O2S2/c1-10(8-21)14(19)18(9-20-3)15-11(2)17-13(22-15)12-5-4-6-16-7-12/h4-7,10,21H,8-9H2,1-3H3. The van der Waals surface area contributed by atoms with Crippen molar-refractivity contribution < 1.29 is 9.53 Å². The quantitative estimate of drug-likeness (QED) is 0.650. The van der Waals surface area contributed by atoms with Gasteiger partial charge in [-0.2, -0.15) is 12.6 Å². The predicted molar refractivity (Wildman–Crippen MR) is 92.5 cm³/mol. The molecular weight excluding hydrogens is 318 g/mol. The van der Waals surface area contributed by atoms with Gasteiger partial charge >= 0.3 is 0 Å². The number of thiazole rings is 1. The van der Waals surface area contributed by atoms with Crippen molar-refractivity contribution in [1.82, 2.24) is 9.97 Å². The van der Waals surface area contributed by atoms with Crippen LogP contribution in [0.25, 0.3) is 10.6 Å². The van der Waals surface area contributed by atoms with Crippen LogP contribution in [0.3, 0.4) is 0 Å². The monoisotopic (exact) mass is 337 g/mol. The van der Waals surface area contributed by atoms with Crippen molar-refractivity contribution >= 4 is 34.9 Å². The zero-order valence-electron chi connectivity index (χ0n) is 12.8. The number of pyridine rings is 1. The van der Waals surface area contributed by atoms with Crippen molar-refractivity contribution in [2.75, 3.05) is 24.5 Å². The maximum Gasteiger partial charge on any atom is 0.233 e. The van der Waals surface area contributed by atoms with E-state index in [0.717, 1.165) is 21.3 Å². The van der Waals surface area contributed by atoms with Crippen LogP contribution >= 0.6 is 24.0 Å². The van der Waals surface area contributed by atoms with Gasteiger partial charge in [0.2, 0.25) is 5.91 Å². The topological polar surface area (TPSA) is 55.3 Å². The highest BCUT2D eigenvalue weighted by atomic mass is 32.1. The molecule has 0 aromatic carbocycles. The van der Waals surface area contributed by atoms with Crippen molar-refractivity contribution in [3.8, 4) is 10.6 Å². The molecule has 2 heterocycles. The van der Waals surface area contributed by atoms with Gasteiger partial charge in [-0.1, -0.05) is 18.3 Å². The molecule has 5 nitrogen and oxygen atoms in total. The number of thiol groups is 1. The van der Waals surface area contributed by atoms with Crippen LogP contribution in [0.2, 0.25) is 0 Å². The van der Waals surface area contributed by atoms with E-state index in [-0.39, 0.29) is 18.6 Å². The van der Waals surface area contributed by atoms with E-state index < -0.39 is 0 Å². The van der Waals surface area contributed by atoms with Crippen LogP contribution in [0.1, 0.15) is 12.6 Å². The molecule has 0 spiro atoms. The molecule has 0 fully saturated rings. The van der Waals surface area contributed by atoms with Gasteiger partial charge in [0.15, 0.2) is 0 Å². The minimum atomic E-state index is -0.179. The number of aromatic nitrogens is 2. The van der Waals surface area contributed by atoms with E-state index in [1.807, 2.05) is 26.0 Å². The molecule has 1 atom stereocenters. The number of aryl methyl sites for hydroxylation is 1. The van der Waals surface area contributed by atoms with Gasteiger partial charge in [0.25, 0.3) is 0 Å². The molecule has 0 saturated carbocycles. The summed E-state index contributed by atoms with van der Waals surface area (Å²) in [5.74, 6) is 0.301. The SMILES string of the molecule is COCN(C(=O)C(C)CS)c1sc(-c2cccnc2)nc1C. The zero-order valence-corrected chi connectivity index (χ0v) is 14.5. The predicted octanol–water partition coefficient (Wildman–Crippen LogP) is 3.02. The fraction of sp³-hybridized carbons (Fsp3) is 0.400. The summed E-state index contributed by atoms with van der Waals surface area (Å²) in [5, 5.41) is 1.65. The Morgan fingerprint density at radius 1 is 1.55 bits per heavy atom. The second-order valence-corrected chi connectivity index (χ2v) is 6.26. The summed E-state index contributed by atoms with van der Waals surface area (Å²) in [6, 6.07) is 3.82. The lowest BCUT2D eigenvalue weighted by Gasteiger charge is -2.23. The fourth-order valence-corrected chi connectivity index (χ4v) is 3.15. The molecule has 0 radical (unpaired) electrons. The number of hydrogen-bond acceptors (Lipinski definition) is 6. The Morgan fingerprint density at radius 3 is 2.91 bits per heavy atom. The molecule has 2 aromatic rings. The number of carbonyl (C=O) groups excluding carboxylic acids is 1. The maximum atomic E-state index is 12.5. The van der Waals surface area contributed by atoms with Crippen LogP contribution in [0, 0.1) is 12.8 Å². The van der Waals surface area contributed by atoms with Gasteiger partial charge in [-0.3, -0.25) is 14.7 Å². The van der Waals surface area contributed by atoms with E-state index in [1.54, 1.807) is 24.4 Å². The van der Waals surface area contributed by atoms with Crippen molar-refractivity contribution in [2.45, 2.75) is 13.8 Å². The van der Waals surface area contributed by atoms with E-state index in [9.17, 15) is 4.79 Å². The Morgan fingerprint density at radius 2 is 2.32 bits per heavy atom. The average molecular weight is 337 g/mol. The first kappa shape index (κ1) is 16.9. The summed E-state index contributed by atoms with van der Waals surface area (Å²) in [5.41, 5.74) is 1.74. The molecule has 0 aliphatic heterocycles. The van der Waals surface area contributed by atoms with Gasteiger partial charge in [0.1, 0.15) is 16.7 Å². The molecule has 7 heteroatoms. The molecule has 0 bridgehead atoms. The van der Waals surface area contributed by atoms with Gasteiger partial charge in [-0.05, 0) is 19.1 Å². The lowest BCUT2D eigenvalue weighted by molar-refractivity contribution is -0.122. The van der Waals surface area contributed by atoms with Crippen LogP contribution in [0.5, 0.6) is 0 Å². The first-order valence-electron chi connectivity index (χ1n) is 6.87. The van der Waals surface area contributed by atoms with E-state index >= 15 is 0 Å². The van der Waals surface area contributed by atoms with Crippen LogP contribution in [-0.2, 0) is 9.53 Å². The normalized spacial score (nSPS) is 12.2. The third kappa shape index (κ3) is 3.66.